The average Bonchev–Trinajstić information content (AvgIpc) is 3.20. The lowest BCUT2D eigenvalue weighted by atomic mass is 9.89. The molecular formula is C16H19N3OS. The predicted molar refractivity (Wildman–Crippen MR) is 85.3 cm³/mol. The molecule has 0 saturated heterocycles. The molecule has 0 aliphatic heterocycles. The predicted octanol–water partition coefficient (Wildman–Crippen LogP) is 3.04. The van der Waals surface area contributed by atoms with Crippen LogP contribution in [-0.4, -0.2) is 17.4 Å². The van der Waals surface area contributed by atoms with E-state index in [9.17, 15) is 4.79 Å². The highest BCUT2D eigenvalue weighted by Gasteiger charge is 2.39. The van der Waals surface area contributed by atoms with E-state index in [2.05, 4.69) is 10.3 Å². The Morgan fingerprint density at radius 3 is 3.05 bits per heavy atom. The van der Waals surface area contributed by atoms with Gasteiger partial charge in [-0.3, -0.25) is 9.78 Å². The van der Waals surface area contributed by atoms with E-state index in [4.69, 9.17) is 5.73 Å². The van der Waals surface area contributed by atoms with Gasteiger partial charge in [0.15, 0.2) is 0 Å². The highest BCUT2D eigenvalue weighted by molar-refractivity contribution is 7.21. The summed E-state index contributed by atoms with van der Waals surface area (Å²) in [5.74, 6) is 2.39. The number of carbonyl (C=O) groups excluding carboxylic acids is 1. The molecule has 3 unspecified atom stereocenters. The van der Waals surface area contributed by atoms with E-state index in [0.29, 0.717) is 16.5 Å². The van der Waals surface area contributed by atoms with Crippen molar-refractivity contribution in [3.05, 3.63) is 23.3 Å². The van der Waals surface area contributed by atoms with Crippen LogP contribution in [-0.2, 0) is 0 Å². The summed E-state index contributed by atoms with van der Waals surface area (Å²) in [7, 11) is 0. The summed E-state index contributed by atoms with van der Waals surface area (Å²) < 4.78 is 0.972. The third kappa shape index (κ3) is 2.20. The zero-order chi connectivity index (χ0) is 14.4. The summed E-state index contributed by atoms with van der Waals surface area (Å²) in [4.78, 5) is 17.1. The molecule has 1 amide bonds. The van der Waals surface area contributed by atoms with Gasteiger partial charge >= 0.3 is 0 Å². The lowest BCUT2D eigenvalue weighted by molar-refractivity contribution is 0.0946. The van der Waals surface area contributed by atoms with Gasteiger partial charge in [-0.15, -0.1) is 11.3 Å². The summed E-state index contributed by atoms with van der Waals surface area (Å²) in [6, 6.07) is 1.87. The molecule has 0 spiro atoms. The quantitative estimate of drug-likeness (QED) is 0.915. The molecule has 4 nitrogen and oxygen atoms in total. The van der Waals surface area contributed by atoms with Crippen molar-refractivity contribution in [1.29, 1.82) is 0 Å². The molecule has 2 aliphatic carbocycles. The van der Waals surface area contributed by atoms with E-state index in [0.717, 1.165) is 28.5 Å². The van der Waals surface area contributed by atoms with Crippen LogP contribution in [0.4, 0.5) is 5.69 Å². The van der Waals surface area contributed by atoms with Crippen molar-refractivity contribution < 1.29 is 4.79 Å². The second-order valence-electron chi connectivity index (χ2n) is 6.36. The maximum Gasteiger partial charge on any atom is 0.263 e. The number of hydrogen-bond acceptors (Lipinski definition) is 4. The lowest BCUT2D eigenvalue weighted by Gasteiger charge is -2.21. The van der Waals surface area contributed by atoms with Crippen LogP contribution in [0.2, 0.25) is 0 Å². The number of anilines is 1. The Hall–Kier alpha value is -1.62. The standard InChI is InChI=1S/C16H19N3OS/c17-14-12-3-4-18-8-13(12)21-15(14)16(20)19-7-11-6-9-1-2-10(11)5-9/h3-4,8-11H,1-2,5-7,17H2,(H,19,20). The second kappa shape index (κ2) is 4.98. The van der Waals surface area contributed by atoms with Gasteiger partial charge in [-0.05, 0) is 43.1 Å². The Labute approximate surface area is 127 Å². The Bertz CT molecular complexity index is 696. The third-order valence-electron chi connectivity index (χ3n) is 5.15. The molecule has 110 valence electrons. The van der Waals surface area contributed by atoms with Crippen molar-refractivity contribution in [3.63, 3.8) is 0 Å². The van der Waals surface area contributed by atoms with Crippen LogP contribution in [0.1, 0.15) is 35.4 Å². The van der Waals surface area contributed by atoms with Crippen molar-refractivity contribution in [2.75, 3.05) is 12.3 Å². The number of pyridine rings is 1. The number of fused-ring (bicyclic) bond motifs is 3. The van der Waals surface area contributed by atoms with Crippen LogP contribution in [0.25, 0.3) is 10.1 Å². The molecule has 3 atom stereocenters. The molecule has 2 aliphatic rings. The van der Waals surface area contributed by atoms with Gasteiger partial charge in [0.25, 0.3) is 5.91 Å². The number of nitrogens with one attached hydrogen (secondary N) is 1. The number of nitrogen functional groups attached to an aromatic ring is 1. The van der Waals surface area contributed by atoms with Gasteiger partial charge in [0, 0.05) is 24.3 Å². The fraction of sp³-hybridized carbons (Fsp3) is 0.500. The van der Waals surface area contributed by atoms with Gasteiger partial charge in [-0.1, -0.05) is 6.42 Å². The number of carbonyl (C=O) groups is 1. The van der Waals surface area contributed by atoms with E-state index in [-0.39, 0.29) is 5.91 Å². The van der Waals surface area contributed by atoms with Gasteiger partial charge in [-0.25, -0.2) is 0 Å². The summed E-state index contributed by atoms with van der Waals surface area (Å²) in [6.45, 7) is 0.798. The average molecular weight is 301 g/mol. The molecule has 2 bridgehead atoms. The van der Waals surface area contributed by atoms with Gasteiger partial charge in [0.1, 0.15) is 4.88 Å². The zero-order valence-electron chi connectivity index (χ0n) is 11.8. The van der Waals surface area contributed by atoms with Crippen LogP contribution >= 0.6 is 11.3 Å². The van der Waals surface area contributed by atoms with Crippen LogP contribution in [0.15, 0.2) is 18.5 Å². The highest BCUT2D eigenvalue weighted by atomic mass is 32.1. The van der Waals surface area contributed by atoms with Crippen molar-refractivity contribution >= 4 is 33.0 Å². The highest BCUT2D eigenvalue weighted by Crippen LogP contribution is 2.48. The number of amides is 1. The molecule has 21 heavy (non-hydrogen) atoms. The first-order chi connectivity index (χ1) is 10.2. The molecule has 5 heteroatoms. The second-order valence-corrected chi connectivity index (χ2v) is 7.41. The molecule has 2 aromatic heterocycles. The summed E-state index contributed by atoms with van der Waals surface area (Å²) in [6.07, 6.45) is 8.88. The molecular weight excluding hydrogens is 282 g/mol. The van der Waals surface area contributed by atoms with E-state index in [1.807, 2.05) is 6.07 Å². The number of rotatable bonds is 3. The van der Waals surface area contributed by atoms with Gasteiger partial charge in [0.05, 0.1) is 10.4 Å². The minimum absolute atomic E-state index is 0.0310. The number of hydrogen-bond donors (Lipinski definition) is 2. The third-order valence-corrected chi connectivity index (χ3v) is 6.30. The van der Waals surface area contributed by atoms with Crippen molar-refractivity contribution in [1.82, 2.24) is 10.3 Å². The molecule has 2 aromatic rings. The number of aromatic nitrogens is 1. The molecule has 0 aromatic carbocycles. The maximum absolute atomic E-state index is 12.4. The largest absolute Gasteiger partial charge is 0.397 e. The summed E-state index contributed by atoms with van der Waals surface area (Å²) in [5.41, 5.74) is 6.69. The Morgan fingerprint density at radius 1 is 1.43 bits per heavy atom. The monoisotopic (exact) mass is 301 g/mol. The van der Waals surface area contributed by atoms with Gasteiger partial charge < -0.3 is 11.1 Å². The smallest absolute Gasteiger partial charge is 0.263 e. The molecule has 4 rings (SSSR count). The fourth-order valence-corrected chi connectivity index (χ4v) is 5.08. The Morgan fingerprint density at radius 2 is 2.33 bits per heavy atom. The van der Waals surface area contributed by atoms with Crippen LogP contribution in [0, 0.1) is 17.8 Å². The lowest BCUT2D eigenvalue weighted by Crippen LogP contribution is -2.31. The normalized spacial score (nSPS) is 27.3. The number of thiophene rings is 1. The van der Waals surface area contributed by atoms with Crippen LogP contribution in [0.5, 0.6) is 0 Å². The van der Waals surface area contributed by atoms with Crippen LogP contribution < -0.4 is 11.1 Å². The molecule has 3 N–H and O–H groups in total. The number of nitrogens with zero attached hydrogens (tertiary/aromatic N) is 1. The molecule has 0 radical (unpaired) electrons. The SMILES string of the molecule is Nc1c(C(=O)NCC2CC3CCC2C3)sc2cnccc12. The topological polar surface area (TPSA) is 68.0 Å². The fourth-order valence-electron chi connectivity index (χ4n) is 4.07. The Balaban J connectivity index is 1.47. The molecule has 2 heterocycles. The first-order valence-electron chi connectivity index (χ1n) is 7.62. The minimum Gasteiger partial charge on any atom is -0.397 e. The maximum atomic E-state index is 12.4. The first kappa shape index (κ1) is 13.1. The minimum atomic E-state index is -0.0310. The zero-order valence-corrected chi connectivity index (χ0v) is 12.7. The summed E-state index contributed by atoms with van der Waals surface area (Å²) >= 11 is 1.43. The van der Waals surface area contributed by atoms with Gasteiger partial charge in [-0.2, -0.15) is 0 Å². The number of nitrogens with two attached hydrogens (primary N) is 1. The van der Waals surface area contributed by atoms with Gasteiger partial charge in [0.2, 0.25) is 0 Å². The van der Waals surface area contributed by atoms with E-state index in [1.165, 1.54) is 37.0 Å². The van der Waals surface area contributed by atoms with Crippen molar-refractivity contribution in [3.8, 4) is 0 Å². The van der Waals surface area contributed by atoms with Crippen molar-refractivity contribution in [2.24, 2.45) is 17.8 Å². The van der Waals surface area contributed by atoms with E-state index < -0.39 is 0 Å². The first-order valence-corrected chi connectivity index (χ1v) is 8.44. The van der Waals surface area contributed by atoms with E-state index >= 15 is 0 Å². The van der Waals surface area contributed by atoms with Crippen LogP contribution in [0.3, 0.4) is 0 Å². The molecule has 2 saturated carbocycles. The summed E-state index contributed by atoms with van der Waals surface area (Å²) in [5, 5.41) is 4.03. The Kier molecular flexibility index (Phi) is 3.10. The van der Waals surface area contributed by atoms with Crippen molar-refractivity contribution in [2.45, 2.75) is 25.7 Å². The molecule has 2 fully saturated rings. The van der Waals surface area contributed by atoms with E-state index in [1.54, 1.807) is 12.4 Å².